The fourth-order valence-corrected chi connectivity index (χ4v) is 4.24. The Hall–Kier alpha value is -1.35. The summed E-state index contributed by atoms with van der Waals surface area (Å²) in [5.41, 5.74) is 3.99. The van der Waals surface area contributed by atoms with Gasteiger partial charge in [-0.2, -0.15) is 0 Å². The molecular weight excluding hydrogens is 459 g/mol. The second kappa shape index (κ2) is 6.51. The third-order valence-electron chi connectivity index (χ3n) is 3.68. The topological polar surface area (TPSA) is 65.1 Å². The summed E-state index contributed by atoms with van der Waals surface area (Å²) in [5, 5.41) is 5.85. The van der Waals surface area contributed by atoms with Crippen molar-refractivity contribution in [2.24, 2.45) is 5.14 Å². The molecule has 0 amide bonds. The molecule has 0 radical (unpaired) electrons. The highest BCUT2D eigenvalue weighted by Crippen LogP contribution is 2.32. The first-order valence-corrected chi connectivity index (χ1v) is 10.0. The highest BCUT2D eigenvalue weighted by Gasteiger charge is 2.15. The predicted octanol–water partition coefficient (Wildman–Crippen LogP) is 4.36. The summed E-state index contributed by atoms with van der Waals surface area (Å²) in [6, 6.07) is 16.3. The number of primary sulfonamides is 1. The summed E-state index contributed by atoms with van der Waals surface area (Å²) in [5.74, 6) is 0. The molecular formula is C17H14ClIN2O2S. The Morgan fingerprint density at radius 2 is 1.62 bits per heavy atom. The van der Waals surface area contributed by atoms with Gasteiger partial charge in [-0.1, -0.05) is 23.7 Å². The third kappa shape index (κ3) is 3.37. The van der Waals surface area contributed by atoms with Crippen molar-refractivity contribution < 1.29 is 8.42 Å². The van der Waals surface area contributed by atoms with E-state index in [0.29, 0.717) is 5.02 Å². The summed E-state index contributed by atoms with van der Waals surface area (Å²) >= 11 is 8.28. The zero-order valence-electron chi connectivity index (χ0n) is 12.7. The van der Waals surface area contributed by atoms with Gasteiger partial charge in [-0.3, -0.25) is 0 Å². The molecule has 1 aromatic heterocycles. The van der Waals surface area contributed by atoms with E-state index < -0.39 is 10.0 Å². The molecule has 2 N–H and O–H groups in total. The van der Waals surface area contributed by atoms with Gasteiger partial charge in [-0.25, -0.2) is 13.6 Å². The van der Waals surface area contributed by atoms with E-state index in [4.69, 9.17) is 16.7 Å². The second-order valence-corrected chi connectivity index (χ2v) is 8.52. The van der Waals surface area contributed by atoms with Crippen LogP contribution in [-0.2, 0) is 10.0 Å². The first-order chi connectivity index (χ1) is 11.3. The Balaban J connectivity index is 2.17. The lowest BCUT2D eigenvalue weighted by Gasteiger charge is -2.13. The van der Waals surface area contributed by atoms with Crippen molar-refractivity contribution in [2.75, 3.05) is 0 Å². The van der Waals surface area contributed by atoms with Crippen LogP contribution in [0.15, 0.2) is 59.5 Å². The maximum absolute atomic E-state index is 11.4. The van der Waals surface area contributed by atoms with E-state index in [1.54, 1.807) is 12.1 Å². The molecule has 0 saturated carbocycles. The average molecular weight is 473 g/mol. The van der Waals surface area contributed by atoms with Gasteiger partial charge in [-0.15, -0.1) is 0 Å². The molecule has 0 unspecified atom stereocenters. The molecule has 0 aliphatic rings. The Bertz CT molecular complexity index is 994. The number of sulfonamides is 1. The SMILES string of the molecule is Cc1cc(I)c(-c2ccc(Cl)cc2)n1-c1ccc(S(N)(=O)=O)cc1. The van der Waals surface area contributed by atoms with Crippen molar-refractivity contribution in [1.82, 2.24) is 4.57 Å². The molecule has 124 valence electrons. The smallest absolute Gasteiger partial charge is 0.238 e. The van der Waals surface area contributed by atoms with Crippen LogP contribution in [0.3, 0.4) is 0 Å². The molecule has 0 fully saturated rings. The first kappa shape index (κ1) is 17.5. The summed E-state index contributed by atoms with van der Waals surface area (Å²) in [6.45, 7) is 2.01. The number of nitrogens with zero attached hydrogens (tertiary/aromatic N) is 1. The number of nitrogens with two attached hydrogens (primary N) is 1. The number of benzene rings is 2. The predicted molar refractivity (Wildman–Crippen MR) is 105 cm³/mol. The van der Waals surface area contributed by atoms with Crippen LogP contribution in [0, 0.1) is 10.5 Å². The minimum Gasteiger partial charge on any atom is -0.313 e. The molecule has 1 heterocycles. The van der Waals surface area contributed by atoms with E-state index in [1.807, 2.05) is 31.2 Å². The maximum Gasteiger partial charge on any atom is 0.238 e. The summed E-state index contributed by atoms with van der Waals surface area (Å²) < 4.78 is 26.0. The van der Waals surface area contributed by atoms with Gasteiger partial charge >= 0.3 is 0 Å². The van der Waals surface area contributed by atoms with Crippen LogP contribution < -0.4 is 5.14 Å². The molecule has 0 atom stereocenters. The molecule has 0 saturated heterocycles. The number of hydrogen-bond acceptors (Lipinski definition) is 2. The molecule has 0 aliphatic carbocycles. The van der Waals surface area contributed by atoms with Crippen LogP contribution in [0.4, 0.5) is 0 Å². The molecule has 2 aromatic carbocycles. The van der Waals surface area contributed by atoms with Gasteiger partial charge in [-0.05, 0) is 77.5 Å². The van der Waals surface area contributed by atoms with Crippen LogP contribution in [0.25, 0.3) is 16.9 Å². The maximum atomic E-state index is 11.4. The minimum absolute atomic E-state index is 0.0961. The van der Waals surface area contributed by atoms with E-state index in [-0.39, 0.29) is 4.90 Å². The van der Waals surface area contributed by atoms with Crippen molar-refractivity contribution in [3.05, 3.63) is 68.9 Å². The molecule has 0 spiro atoms. The number of rotatable bonds is 3. The van der Waals surface area contributed by atoms with Crippen molar-refractivity contribution >= 4 is 44.2 Å². The Labute approximate surface area is 159 Å². The van der Waals surface area contributed by atoms with Crippen molar-refractivity contribution in [3.63, 3.8) is 0 Å². The first-order valence-electron chi connectivity index (χ1n) is 7.04. The van der Waals surface area contributed by atoms with Gasteiger partial charge in [0, 0.05) is 20.0 Å². The van der Waals surface area contributed by atoms with Crippen LogP contribution in [0.2, 0.25) is 5.02 Å². The summed E-state index contributed by atoms with van der Waals surface area (Å²) in [4.78, 5) is 0.0961. The van der Waals surface area contributed by atoms with Crippen molar-refractivity contribution in [3.8, 4) is 16.9 Å². The largest absolute Gasteiger partial charge is 0.313 e. The number of aryl methyl sites for hydroxylation is 1. The monoisotopic (exact) mass is 472 g/mol. The molecule has 7 heteroatoms. The van der Waals surface area contributed by atoms with Crippen LogP contribution >= 0.6 is 34.2 Å². The molecule has 24 heavy (non-hydrogen) atoms. The molecule has 4 nitrogen and oxygen atoms in total. The number of aromatic nitrogens is 1. The van der Waals surface area contributed by atoms with Gasteiger partial charge in [0.15, 0.2) is 0 Å². The van der Waals surface area contributed by atoms with Crippen molar-refractivity contribution in [1.29, 1.82) is 0 Å². The van der Waals surface area contributed by atoms with Crippen molar-refractivity contribution in [2.45, 2.75) is 11.8 Å². The average Bonchev–Trinajstić information content (AvgIpc) is 2.82. The van der Waals surface area contributed by atoms with Gasteiger partial charge in [0.1, 0.15) is 0 Å². The zero-order valence-corrected chi connectivity index (χ0v) is 16.4. The lowest BCUT2D eigenvalue weighted by atomic mass is 10.1. The van der Waals surface area contributed by atoms with E-state index in [0.717, 1.165) is 26.2 Å². The zero-order chi connectivity index (χ0) is 17.5. The summed E-state index contributed by atoms with van der Waals surface area (Å²) in [7, 11) is -3.70. The number of halogens is 2. The Morgan fingerprint density at radius 1 is 1.04 bits per heavy atom. The van der Waals surface area contributed by atoms with E-state index in [1.165, 1.54) is 12.1 Å². The van der Waals surface area contributed by atoms with Gasteiger partial charge in [0.05, 0.1) is 10.6 Å². The lowest BCUT2D eigenvalue weighted by molar-refractivity contribution is 0.598. The molecule has 0 bridgehead atoms. The highest BCUT2D eigenvalue weighted by molar-refractivity contribution is 14.1. The van der Waals surface area contributed by atoms with E-state index in [9.17, 15) is 8.42 Å². The quantitative estimate of drug-likeness (QED) is 0.576. The number of hydrogen-bond donors (Lipinski definition) is 1. The van der Waals surface area contributed by atoms with Gasteiger partial charge in [0.2, 0.25) is 10.0 Å². The summed E-state index contributed by atoms with van der Waals surface area (Å²) in [6.07, 6.45) is 0. The fraction of sp³-hybridized carbons (Fsp3) is 0.0588. The highest BCUT2D eigenvalue weighted by atomic mass is 127. The van der Waals surface area contributed by atoms with E-state index in [2.05, 4.69) is 33.2 Å². The minimum atomic E-state index is -3.70. The van der Waals surface area contributed by atoms with Gasteiger partial charge < -0.3 is 4.57 Å². The Morgan fingerprint density at radius 3 is 2.17 bits per heavy atom. The molecule has 3 aromatic rings. The van der Waals surface area contributed by atoms with Gasteiger partial charge in [0.25, 0.3) is 0 Å². The molecule has 3 rings (SSSR count). The molecule has 0 aliphatic heterocycles. The third-order valence-corrected chi connectivity index (χ3v) is 5.68. The second-order valence-electron chi connectivity index (χ2n) is 5.36. The van der Waals surface area contributed by atoms with E-state index >= 15 is 0 Å². The fourth-order valence-electron chi connectivity index (χ4n) is 2.59. The van der Waals surface area contributed by atoms with Crippen LogP contribution in [-0.4, -0.2) is 13.0 Å². The Kier molecular flexibility index (Phi) is 4.74. The normalized spacial score (nSPS) is 11.7. The van der Waals surface area contributed by atoms with Crippen LogP contribution in [0.5, 0.6) is 0 Å². The lowest BCUT2D eigenvalue weighted by Crippen LogP contribution is -2.12. The van der Waals surface area contributed by atoms with Crippen LogP contribution in [0.1, 0.15) is 5.69 Å². The standard InChI is InChI=1S/C17H14ClIN2O2S/c1-11-10-16(19)17(12-2-4-13(18)5-3-12)21(11)14-6-8-15(9-7-14)24(20,22)23/h2-10H,1H3,(H2,20,22,23).